The fourth-order valence-corrected chi connectivity index (χ4v) is 3.08. The van der Waals surface area contributed by atoms with Gasteiger partial charge in [-0.25, -0.2) is 4.98 Å². The fraction of sp³-hybridized carbons (Fsp3) is 0.167. The van der Waals surface area contributed by atoms with E-state index in [0.717, 1.165) is 22.4 Å². The molecule has 0 bridgehead atoms. The average Bonchev–Trinajstić information content (AvgIpc) is 3.18. The van der Waals surface area contributed by atoms with Crippen LogP contribution in [0.3, 0.4) is 0 Å². The first kappa shape index (κ1) is 19.5. The standard InChI is InChI=1S/C24H22N2O4/c1-15-5-4-6-21(16(15)2)29-14-23(27)25-18-9-12-22-20(13-18)26-24(30-22)17-7-10-19(28-3)11-8-17/h4-13H,14H2,1-3H3,(H,25,27). The van der Waals surface area contributed by atoms with Crippen molar-refractivity contribution in [3.05, 3.63) is 71.8 Å². The number of rotatable bonds is 6. The summed E-state index contributed by atoms with van der Waals surface area (Å²) in [6.07, 6.45) is 0. The van der Waals surface area contributed by atoms with E-state index in [0.29, 0.717) is 28.4 Å². The SMILES string of the molecule is COc1ccc(-c2nc3cc(NC(=O)COc4cccc(C)c4C)ccc3o2)cc1. The van der Waals surface area contributed by atoms with Crippen LogP contribution in [0, 0.1) is 13.8 Å². The van der Waals surface area contributed by atoms with Crippen molar-refractivity contribution < 1.29 is 18.7 Å². The lowest BCUT2D eigenvalue weighted by atomic mass is 10.1. The van der Waals surface area contributed by atoms with Crippen LogP contribution in [0.5, 0.6) is 11.5 Å². The van der Waals surface area contributed by atoms with E-state index in [9.17, 15) is 4.79 Å². The summed E-state index contributed by atoms with van der Waals surface area (Å²) in [6.45, 7) is 3.91. The molecule has 152 valence electrons. The van der Waals surface area contributed by atoms with Gasteiger partial charge in [0.15, 0.2) is 12.2 Å². The number of benzene rings is 3. The van der Waals surface area contributed by atoms with Crippen LogP contribution in [-0.2, 0) is 4.79 Å². The zero-order valence-electron chi connectivity index (χ0n) is 17.1. The number of carbonyl (C=O) groups is 1. The molecule has 0 aliphatic carbocycles. The van der Waals surface area contributed by atoms with E-state index in [-0.39, 0.29) is 12.5 Å². The molecule has 0 saturated heterocycles. The Bertz CT molecular complexity index is 1200. The summed E-state index contributed by atoms with van der Waals surface area (Å²) >= 11 is 0. The Balaban J connectivity index is 1.45. The van der Waals surface area contributed by atoms with Crippen molar-refractivity contribution in [2.45, 2.75) is 13.8 Å². The van der Waals surface area contributed by atoms with Gasteiger partial charge in [0.25, 0.3) is 5.91 Å². The Morgan fingerprint density at radius 1 is 1.07 bits per heavy atom. The molecule has 3 aromatic carbocycles. The lowest BCUT2D eigenvalue weighted by Crippen LogP contribution is -2.20. The number of hydrogen-bond donors (Lipinski definition) is 1. The molecule has 1 aromatic heterocycles. The van der Waals surface area contributed by atoms with Gasteiger partial charge in [0, 0.05) is 11.3 Å². The predicted octanol–water partition coefficient (Wildman–Crippen LogP) is 5.14. The Morgan fingerprint density at radius 3 is 2.63 bits per heavy atom. The summed E-state index contributed by atoms with van der Waals surface area (Å²) in [6, 6.07) is 18.6. The number of aryl methyl sites for hydroxylation is 1. The summed E-state index contributed by atoms with van der Waals surface area (Å²) in [7, 11) is 1.62. The van der Waals surface area contributed by atoms with E-state index in [1.807, 2.05) is 56.3 Å². The molecule has 4 aromatic rings. The maximum absolute atomic E-state index is 12.3. The second kappa shape index (κ2) is 8.29. The van der Waals surface area contributed by atoms with Crippen LogP contribution in [0.1, 0.15) is 11.1 Å². The molecule has 0 aliphatic rings. The molecule has 0 radical (unpaired) electrons. The summed E-state index contributed by atoms with van der Waals surface area (Å²) in [5.74, 6) is 1.74. The molecule has 0 aliphatic heterocycles. The monoisotopic (exact) mass is 402 g/mol. The summed E-state index contributed by atoms with van der Waals surface area (Å²) in [5.41, 5.74) is 4.93. The number of oxazole rings is 1. The van der Waals surface area contributed by atoms with Crippen LogP contribution >= 0.6 is 0 Å². The van der Waals surface area contributed by atoms with Crippen molar-refractivity contribution in [3.8, 4) is 23.0 Å². The number of aromatic nitrogens is 1. The van der Waals surface area contributed by atoms with Crippen LogP contribution in [0.15, 0.2) is 65.1 Å². The number of hydrogen-bond acceptors (Lipinski definition) is 5. The molecule has 1 N–H and O–H groups in total. The van der Waals surface area contributed by atoms with Gasteiger partial charge in [0.2, 0.25) is 5.89 Å². The summed E-state index contributed by atoms with van der Waals surface area (Å²) < 4.78 is 16.7. The van der Waals surface area contributed by atoms with Gasteiger partial charge < -0.3 is 19.2 Å². The molecular weight excluding hydrogens is 380 g/mol. The molecule has 0 fully saturated rings. The van der Waals surface area contributed by atoms with Gasteiger partial charge in [0.1, 0.15) is 17.0 Å². The third-order valence-electron chi connectivity index (χ3n) is 4.92. The van der Waals surface area contributed by atoms with Gasteiger partial charge in [0.05, 0.1) is 7.11 Å². The van der Waals surface area contributed by atoms with Crippen LogP contribution in [0.25, 0.3) is 22.6 Å². The molecule has 0 unspecified atom stereocenters. The second-order valence-electron chi connectivity index (χ2n) is 6.96. The quantitative estimate of drug-likeness (QED) is 0.483. The minimum atomic E-state index is -0.242. The van der Waals surface area contributed by atoms with Crippen molar-refractivity contribution in [3.63, 3.8) is 0 Å². The number of fused-ring (bicyclic) bond motifs is 1. The summed E-state index contributed by atoms with van der Waals surface area (Å²) in [5, 5.41) is 2.84. The normalized spacial score (nSPS) is 10.8. The van der Waals surface area contributed by atoms with E-state index in [1.165, 1.54) is 0 Å². The Hall–Kier alpha value is -3.80. The third kappa shape index (κ3) is 4.12. The molecule has 0 spiro atoms. The zero-order valence-corrected chi connectivity index (χ0v) is 17.1. The topological polar surface area (TPSA) is 73.6 Å². The third-order valence-corrected chi connectivity index (χ3v) is 4.92. The maximum Gasteiger partial charge on any atom is 0.262 e. The highest BCUT2D eigenvalue weighted by atomic mass is 16.5. The highest BCUT2D eigenvalue weighted by Gasteiger charge is 2.11. The van der Waals surface area contributed by atoms with Crippen LogP contribution in [0.4, 0.5) is 5.69 Å². The Kier molecular flexibility index (Phi) is 5.39. The molecule has 30 heavy (non-hydrogen) atoms. The number of nitrogens with zero attached hydrogens (tertiary/aromatic N) is 1. The van der Waals surface area contributed by atoms with Crippen molar-refractivity contribution in [1.29, 1.82) is 0 Å². The number of carbonyl (C=O) groups excluding carboxylic acids is 1. The molecule has 1 heterocycles. The van der Waals surface area contributed by atoms with Crippen molar-refractivity contribution in [1.82, 2.24) is 4.98 Å². The molecule has 0 atom stereocenters. The first-order valence-electron chi connectivity index (χ1n) is 9.57. The number of ether oxygens (including phenoxy) is 2. The molecule has 1 amide bonds. The van der Waals surface area contributed by atoms with Gasteiger partial charge in [-0.2, -0.15) is 0 Å². The van der Waals surface area contributed by atoms with Crippen molar-refractivity contribution in [2.24, 2.45) is 0 Å². The first-order chi connectivity index (χ1) is 14.5. The second-order valence-corrected chi connectivity index (χ2v) is 6.96. The van der Waals surface area contributed by atoms with E-state index < -0.39 is 0 Å². The minimum Gasteiger partial charge on any atom is -0.497 e. The molecule has 6 heteroatoms. The lowest BCUT2D eigenvalue weighted by Gasteiger charge is -2.11. The van der Waals surface area contributed by atoms with Gasteiger partial charge in [-0.15, -0.1) is 0 Å². The van der Waals surface area contributed by atoms with E-state index in [1.54, 1.807) is 25.3 Å². The molecular formula is C24H22N2O4. The van der Waals surface area contributed by atoms with E-state index >= 15 is 0 Å². The Morgan fingerprint density at radius 2 is 1.87 bits per heavy atom. The zero-order chi connectivity index (χ0) is 21.1. The van der Waals surface area contributed by atoms with Crippen molar-refractivity contribution in [2.75, 3.05) is 19.0 Å². The predicted molar refractivity (Wildman–Crippen MR) is 116 cm³/mol. The fourth-order valence-electron chi connectivity index (χ4n) is 3.08. The number of anilines is 1. The van der Waals surface area contributed by atoms with Crippen LogP contribution in [0.2, 0.25) is 0 Å². The largest absolute Gasteiger partial charge is 0.497 e. The van der Waals surface area contributed by atoms with Crippen LogP contribution < -0.4 is 14.8 Å². The van der Waals surface area contributed by atoms with Crippen LogP contribution in [-0.4, -0.2) is 24.6 Å². The van der Waals surface area contributed by atoms with Gasteiger partial charge >= 0.3 is 0 Å². The maximum atomic E-state index is 12.3. The van der Waals surface area contributed by atoms with Gasteiger partial charge in [-0.3, -0.25) is 4.79 Å². The smallest absolute Gasteiger partial charge is 0.262 e. The van der Waals surface area contributed by atoms with E-state index in [4.69, 9.17) is 13.9 Å². The average molecular weight is 402 g/mol. The lowest BCUT2D eigenvalue weighted by molar-refractivity contribution is -0.118. The molecule has 4 rings (SSSR count). The first-order valence-corrected chi connectivity index (χ1v) is 9.57. The Labute approximate surface area is 174 Å². The molecule has 0 saturated carbocycles. The highest BCUT2D eigenvalue weighted by molar-refractivity contribution is 5.94. The van der Waals surface area contributed by atoms with E-state index in [2.05, 4.69) is 10.3 Å². The summed E-state index contributed by atoms with van der Waals surface area (Å²) in [4.78, 5) is 16.8. The highest BCUT2D eigenvalue weighted by Crippen LogP contribution is 2.27. The van der Waals surface area contributed by atoms with Crippen molar-refractivity contribution >= 4 is 22.7 Å². The number of methoxy groups -OCH3 is 1. The van der Waals surface area contributed by atoms with Gasteiger partial charge in [-0.1, -0.05) is 12.1 Å². The number of amides is 1. The minimum absolute atomic E-state index is 0.0712. The molecule has 6 nitrogen and oxygen atoms in total. The van der Waals surface area contributed by atoms with Gasteiger partial charge in [-0.05, 0) is 73.5 Å². The number of nitrogens with one attached hydrogen (secondary N) is 1.